The quantitative estimate of drug-likeness (QED) is 0.824. The van der Waals surface area contributed by atoms with E-state index in [1.54, 1.807) is 0 Å². The van der Waals surface area contributed by atoms with Crippen molar-refractivity contribution in [2.24, 2.45) is 5.10 Å². The van der Waals surface area contributed by atoms with E-state index in [2.05, 4.69) is 38.6 Å². The van der Waals surface area contributed by atoms with Crippen molar-refractivity contribution in [3.63, 3.8) is 0 Å². The highest BCUT2D eigenvalue weighted by Gasteiger charge is 2.18. The minimum atomic E-state index is 0.227. The largest absolute Gasteiger partial charge is 0.301 e. The Morgan fingerprint density at radius 1 is 1.54 bits per heavy atom. The van der Waals surface area contributed by atoms with Crippen molar-refractivity contribution in [2.45, 2.75) is 12.5 Å². The SMILES string of the molecule is ClC1=NNC(c2cccc(Br)c2)C1. The smallest absolute Gasteiger partial charge is 0.128 e. The molecule has 1 aliphatic heterocycles. The second-order valence-electron chi connectivity index (χ2n) is 2.93. The molecule has 0 radical (unpaired) electrons. The molecule has 1 aromatic carbocycles. The lowest BCUT2D eigenvalue weighted by molar-refractivity contribution is 0.620. The summed E-state index contributed by atoms with van der Waals surface area (Å²) in [5.74, 6) is 0. The fraction of sp³-hybridized carbons (Fsp3) is 0.222. The van der Waals surface area contributed by atoms with Gasteiger partial charge in [0.15, 0.2) is 0 Å². The van der Waals surface area contributed by atoms with Gasteiger partial charge in [0, 0.05) is 10.9 Å². The van der Waals surface area contributed by atoms with Crippen LogP contribution >= 0.6 is 27.5 Å². The molecule has 0 amide bonds. The van der Waals surface area contributed by atoms with Gasteiger partial charge < -0.3 is 5.43 Å². The summed E-state index contributed by atoms with van der Waals surface area (Å²) in [7, 11) is 0. The van der Waals surface area contributed by atoms with E-state index in [0.717, 1.165) is 10.9 Å². The number of hydrogen-bond donors (Lipinski definition) is 1. The van der Waals surface area contributed by atoms with Gasteiger partial charge in [-0.3, -0.25) is 0 Å². The van der Waals surface area contributed by atoms with Gasteiger partial charge in [0.2, 0.25) is 0 Å². The second-order valence-corrected chi connectivity index (χ2v) is 4.28. The van der Waals surface area contributed by atoms with E-state index in [-0.39, 0.29) is 6.04 Å². The third kappa shape index (κ3) is 2.03. The minimum absolute atomic E-state index is 0.227. The first-order chi connectivity index (χ1) is 6.25. The van der Waals surface area contributed by atoms with Gasteiger partial charge in [0.25, 0.3) is 0 Å². The fourth-order valence-corrected chi connectivity index (χ4v) is 1.94. The van der Waals surface area contributed by atoms with Crippen LogP contribution in [0.3, 0.4) is 0 Å². The van der Waals surface area contributed by atoms with Gasteiger partial charge in [0.05, 0.1) is 6.04 Å². The molecule has 0 bridgehead atoms. The van der Waals surface area contributed by atoms with Crippen molar-refractivity contribution in [1.82, 2.24) is 5.43 Å². The summed E-state index contributed by atoms with van der Waals surface area (Å²) in [6, 6.07) is 8.37. The molecule has 1 N–H and O–H groups in total. The summed E-state index contributed by atoms with van der Waals surface area (Å²) in [6.45, 7) is 0. The summed E-state index contributed by atoms with van der Waals surface area (Å²) in [6.07, 6.45) is 0.776. The van der Waals surface area contributed by atoms with Gasteiger partial charge >= 0.3 is 0 Å². The second kappa shape index (κ2) is 3.68. The summed E-state index contributed by atoms with van der Waals surface area (Å²) in [4.78, 5) is 0. The Bertz CT molecular complexity index is 351. The number of hydrogen-bond acceptors (Lipinski definition) is 2. The molecule has 4 heteroatoms. The van der Waals surface area contributed by atoms with Gasteiger partial charge in [-0.25, -0.2) is 0 Å². The molecule has 68 valence electrons. The van der Waals surface area contributed by atoms with Gasteiger partial charge in [-0.05, 0) is 17.7 Å². The molecule has 1 aromatic rings. The zero-order valence-electron chi connectivity index (χ0n) is 6.80. The Hall–Kier alpha value is -0.540. The highest BCUT2D eigenvalue weighted by molar-refractivity contribution is 9.10. The molecule has 0 aromatic heterocycles. The molecule has 0 saturated heterocycles. The van der Waals surface area contributed by atoms with Gasteiger partial charge in [-0.1, -0.05) is 39.7 Å². The zero-order chi connectivity index (χ0) is 9.26. The molecule has 1 aliphatic rings. The molecular formula is C9H8BrClN2. The molecule has 1 unspecified atom stereocenters. The predicted molar refractivity (Wildman–Crippen MR) is 57.9 cm³/mol. The van der Waals surface area contributed by atoms with E-state index < -0.39 is 0 Å². The lowest BCUT2D eigenvalue weighted by Gasteiger charge is -2.09. The van der Waals surface area contributed by atoms with Gasteiger partial charge in [-0.2, -0.15) is 5.10 Å². The Morgan fingerprint density at radius 2 is 2.38 bits per heavy atom. The number of rotatable bonds is 1. The van der Waals surface area contributed by atoms with Crippen molar-refractivity contribution in [3.8, 4) is 0 Å². The third-order valence-electron chi connectivity index (χ3n) is 1.97. The van der Waals surface area contributed by atoms with E-state index in [4.69, 9.17) is 11.6 Å². The monoisotopic (exact) mass is 258 g/mol. The van der Waals surface area contributed by atoms with Crippen LogP contribution in [0.2, 0.25) is 0 Å². The van der Waals surface area contributed by atoms with Crippen LogP contribution in [0.5, 0.6) is 0 Å². The highest BCUT2D eigenvalue weighted by atomic mass is 79.9. The molecule has 2 rings (SSSR count). The maximum Gasteiger partial charge on any atom is 0.128 e. The van der Waals surface area contributed by atoms with Crippen LogP contribution in [0.4, 0.5) is 0 Å². The van der Waals surface area contributed by atoms with Crippen LogP contribution in [0, 0.1) is 0 Å². The molecular weight excluding hydrogens is 251 g/mol. The first-order valence-electron chi connectivity index (χ1n) is 3.99. The van der Waals surface area contributed by atoms with Crippen LogP contribution in [0.15, 0.2) is 33.8 Å². The Labute approximate surface area is 90.1 Å². The summed E-state index contributed by atoms with van der Waals surface area (Å²) < 4.78 is 1.08. The van der Waals surface area contributed by atoms with E-state index in [1.807, 2.05) is 12.1 Å². The molecule has 0 fully saturated rings. The molecule has 0 aliphatic carbocycles. The predicted octanol–water partition coefficient (Wildman–Crippen LogP) is 3.04. The van der Waals surface area contributed by atoms with Crippen molar-refractivity contribution < 1.29 is 0 Å². The van der Waals surface area contributed by atoms with Gasteiger partial charge in [-0.15, -0.1) is 0 Å². The topological polar surface area (TPSA) is 24.4 Å². The van der Waals surface area contributed by atoms with Crippen molar-refractivity contribution in [2.75, 3.05) is 0 Å². The Balaban J connectivity index is 2.18. The van der Waals surface area contributed by atoms with E-state index in [1.165, 1.54) is 5.56 Å². The van der Waals surface area contributed by atoms with Crippen LogP contribution in [-0.2, 0) is 0 Å². The normalized spacial score (nSPS) is 21.1. The summed E-state index contributed by atoms with van der Waals surface area (Å²) in [5.41, 5.74) is 4.19. The average molecular weight is 260 g/mol. The average Bonchev–Trinajstić information content (AvgIpc) is 2.52. The van der Waals surface area contributed by atoms with Crippen LogP contribution in [0.1, 0.15) is 18.0 Å². The molecule has 0 spiro atoms. The van der Waals surface area contributed by atoms with E-state index in [9.17, 15) is 0 Å². The number of nitrogens with zero attached hydrogens (tertiary/aromatic N) is 1. The Kier molecular flexibility index (Phi) is 2.56. The molecule has 13 heavy (non-hydrogen) atoms. The lowest BCUT2D eigenvalue weighted by atomic mass is 10.1. The standard InChI is InChI=1S/C9H8BrClN2/c10-7-3-1-2-6(4-7)8-5-9(11)13-12-8/h1-4,8,12H,5H2. The summed E-state index contributed by atoms with van der Waals surface area (Å²) >= 11 is 9.20. The number of nitrogens with one attached hydrogen (secondary N) is 1. The van der Waals surface area contributed by atoms with E-state index >= 15 is 0 Å². The minimum Gasteiger partial charge on any atom is -0.301 e. The molecule has 2 nitrogen and oxygen atoms in total. The molecule has 0 saturated carbocycles. The van der Waals surface area contributed by atoms with Crippen LogP contribution in [-0.4, -0.2) is 5.17 Å². The Morgan fingerprint density at radius 3 is 3.00 bits per heavy atom. The zero-order valence-corrected chi connectivity index (χ0v) is 9.14. The lowest BCUT2D eigenvalue weighted by Crippen LogP contribution is -2.09. The maximum absolute atomic E-state index is 5.77. The number of benzene rings is 1. The first-order valence-corrected chi connectivity index (χ1v) is 5.16. The maximum atomic E-state index is 5.77. The highest BCUT2D eigenvalue weighted by Crippen LogP contribution is 2.24. The van der Waals surface area contributed by atoms with Crippen LogP contribution < -0.4 is 5.43 Å². The number of hydrazone groups is 1. The first kappa shape index (κ1) is 9.03. The third-order valence-corrected chi connectivity index (χ3v) is 2.70. The molecule has 1 heterocycles. The number of halogens is 2. The van der Waals surface area contributed by atoms with E-state index in [0.29, 0.717) is 5.17 Å². The van der Waals surface area contributed by atoms with Crippen molar-refractivity contribution >= 4 is 32.7 Å². The molecule has 1 atom stereocenters. The van der Waals surface area contributed by atoms with Crippen molar-refractivity contribution in [1.29, 1.82) is 0 Å². The van der Waals surface area contributed by atoms with Crippen molar-refractivity contribution in [3.05, 3.63) is 34.3 Å². The van der Waals surface area contributed by atoms with Crippen LogP contribution in [0.25, 0.3) is 0 Å². The summed E-state index contributed by atoms with van der Waals surface area (Å²) in [5, 5.41) is 4.58. The fourth-order valence-electron chi connectivity index (χ4n) is 1.32. The van der Waals surface area contributed by atoms with Gasteiger partial charge in [0.1, 0.15) is 5.17 Å².